The molecule has 2 rings (SSSR count). The summed E-state index contributed by atoms with van der Waals surface area (Å²) >= 11 is 10.3. The Morgan fingerprint density at radius 2 is 1.48 bits per heavy atom. The smallest absolute Gasteiger partial charge is 0.269 e. The molecule has 1 N–H and O–H groups in total. The molecule has 0 aliphatic carbocycles. The van der Waals surface area contributed by atoms with Crippen LogP contribution in [-0.2, 0) is 0 Å². The number of para-hydroxylation sites is 1. The maximum absolute atomic E-state index is 10.1. The molecule has 0 saturated heterocycles. The molecule has 0 spiro atoms. The summed E-state index contributed by atoms with van der Waals surface area (Å²) in [6.07, 6.45) is 0. The number of benzene rings is 2. The summed E-state index contributed by atoms with van der Waals surface area (Å²) in [6.45, 7) is 4.00. The predicted molar refractivity (Wildman–Crippen MR) is 95.2 cm³/mol. The average molecular weight is 437 g/mol. The van der Waals surface area contributed by atoms with Crippen LogP contribution in [0, 0.1) is 10.1 Å². The second-order valence-corrected chi connectivity index (χ2v) is 5.57. The third-order valence-corrected chi connectivity index (χ3v) is 3.58. The van der Waals surface area contributed by atoms with E-state index in [1.54, 1.807) is 24.3 Å². The van der Waals surface area contributed by atoms with E-state index in [1.807, 2.05) is 19.9 Å². The Balaban J connectivity index is 0.000000342. The molecule has 114 valence electrons. The Hall–Kier alpha value is -1.05. The Kier molecular flexibility index (Phi) is 10.1. The van der Waals surface area contributed by atoms with Gasteiger partial charge in [0.1, 0.15) is 5.75 Å². The molecule has 21 heavy (non-hydrogen) atoms. The zero-order chi connectivity index (χ0) is 16.4. The van der Waals surface area contributed by atoms with E-state index in [9.17, 15) is 10.1 Å². The van der Waals surface area contributed by atoms with Crippen LogP contribution in [0.5, 0.6) is 5.75 Å². The van der Waals surface area contributed by atoms with Crippen molar-refractivity contribution in [2.24, 2.45) is 0 Å². The van der Waals surface area contributed by atoms with Crippen LogP contribution in [0.3, 0.4) is 0 Å². The van der Waals surface area contributed by atoms with Crippen LogP contribution < -0.4 is 0 Å². The van der Waals surface area contributed by atoms with Crippen molar-refractivity contribution in [3.63, 3.8) is 0 Å². The number of nitro benzene ring substituents is 1. The molecule has 0 aliphatic rings. The number of hydrogen-bond acceptors (Lipinski definition) is 4. The molecule has 0 heterocycles. The highest BCUT2D eigenvalue weighted by molar-refractivity contribution is 9.11. The van der Waals surface area contributed by atoms with Gasteiger partial charge in [-0.05, 0) is 56.1 Å². The van der Waals surface area contributed by atoms with Crippen LogP contribution in [0.4, 0.5) is 5.69 Å². The Morgan fingerprint density at radius 3 is 1.81 bits per heavy atom. The number of hydrogen-bond donors (Lipinski definition) is 2. The monoisotopic (exact) mass is 435 g/mol. The summed E-state index contributed by atoms with van der Waals surface area (Å²) < 4.78 is 1.41. The lowest BCUT2D eigenvalue weighted by atomic mass is 10.3. The number of nitrogens with zero attached hydrogens (tertiary/aromatic N) is 1. The molecule has 0 bridgehead atoms. The van der Waals surface area contributed by atoms with Gasteiger partial charge in [0, 0.05) is 17.0 Å². The van der Waals surface area contributed by atoms with Gasteiger partial charge in [0.15, 0.2) is 0 Å². The number of rotatable bonds is 1. The van der Waals surface area contributed by atoms with Gasteiger partial charge in [0.2, 0.25) is 0 Å². The van der Waals surface area contributed by atoms with Gasteiger partial charge >= 0.3 is 0 Å². The third kappa shape index (κ3) is 7.50. The van der Waals surface area contributed by atoms with Gasteiger partial charge in [-0.2, -0.15) is 0 Å². The highest BCUT2D eigenvalue weighted by Crippen LogP contribution is 2.30. The summed E-state index contributed by atoms with van der Waals surface area (Å²) in [7, 11) is 0. The van der Waals surface area contributed by atoms with Gasteiger partial charge in [-0.3, -0.25) is 10.1 Å². The molecule has 2 aromatic rings. The molecule has 0 atom stereocenters. The molecule has 0 radical (unpaired) electrons. The van der Waals surface area contributed by atoms with Crippen LogP contribution in [0.2, 0.25) is 0 Å². The van der Waals surface area contributed by atoms with E-state index in [0.29, 0.717) is 8.95 Å². The quantitative estimate of drug-likeness (QED) is 0.336. The Bertz CT molecular complexity index is 557. The molecule has 0 saturated carbocycles. The summed E-state index contributed by atoms with van der Waals surface area (Å²) in [5, 5.41) is 19.2. The SMILES string of the molecule is CC.O=[N+]([O-])c1ccc(S)cc1.Oc1c(Br)cccc1Br. The number of aromatic hydroxyl groups is 1. The number of phenols is 1. The lowest BCUT2D eigenvalue weighted by molar-refractivity contribution is -0.384. The van der Waals surface area contributed by atoms with Crippen LogP contribution >= 0.6 is 44.5 Å². The number of nitro groups is 1. The molecule has 0 aromatic heterocycles. The van der Waals surface area contributed by atoms with Crippen LogP contribution in [0.15, 0.2) is 56.3 Å². The highest BCUT2D eigenvalue weighted by Gasteiger charge is 2.01. The van der Waals surface area contributed by atoms with Crippen LogP contribution in [-0.4, -0.2) is 10.0 Å². The zero-order valence-electron chi connectivity index (χ0n) is 11.5. The maximum Gasteiger partial charge on any atom is 0.269 e. The number of phenolic OH excluding ortho intramolecular Hbond substituents is 1. The second kappa shape index (κ2) is 10.6. The summed E-state index contributed by atoms with van der Waals surface area (Å²) in [4.78, 5) is 10.4. The van der Waals surface area contributed by atoms with E-state index in [0.717, 1.165) is 4.90 Å². The Labute approximate surface area is 146 Å². The molecule has 0 aliphatic heterocycles. The lowest BCUT2D eigenvalue weighted by Gasteiger charge is -1.96. The minimum atomic E-state index is -0.437. The number of halogens is 2. The van der Waals surface area contributed by atoms with Crippen LogP contribution in [0.25, 0.3) is 0 Å². The van der Waals surface area contributed by atoms with E-state index in [4.69, 9.17) is 5.11 Å². The fraction of sp³-hybridized carbons (Fsp3) is 0.143. The molecule has 2 aromatic carbocycles. The normalized spacial score (nSPS) is 8.81. The van der Waals surface area contributed by atoms with Gasteiger partial charge in [0.05, 0.1) is 13.9 Å². The fourth-order valence-electron chi connectivity index (χ4n) is 1.06. The Morgan fingerprint density at radius 1 is 1.05 bits per heavy atom. The second-order valence-electron chi connectivity index (χ2n) is 3.34. The molecule has 4 nitrogen and oxygen atoms in total. The molecule has 0 amide bonds. The number of non-ortho nitro benzene ring substituents is 1. The van der Waals surface area contributed by atoms with Crippen molar-refractivity contribution in [1.82, 2.24) is 0 Å². The van der Waals surface area contributed by atoms with E-state index >= 15 is 0 Å². The van der Waals surface area contributed by atoms with Crippen molar-refractivity contribution in [1.29, 1.82) is 0 Å². The summed E-state index contributed by atoms with van der Waals surface area (Å²) in [5.74, 6) is 0.248. The van der Waals surface area contributed by atoms with Gasteiger partial charge in [-0.25, -0.2) is 0 Å². The maximum atomic E-state index is 10.1. The first kappa shape index (κ1) is 19.9. The minimum Gasteiger partial charge on any atom is -0.506 e. The third-order valence-electron chi connectivity index (χ3n) is 2.00. The van der Waals surface area contributed by atoms with E-state index in [1.165, 1.54) is 12.1 Å². The van der Waals surface area contributed by atoms with Crippen molar-refractivity contribution >= 4 is 50.2 Å². The first-order valence-electron chi connectivity index (χ1n) is 5.98. The first-order chi connectivity index (χ1) is 9.91. The summed E-state index contributed by atoms with van der Waals surface area (Å²) in [5.41, 5.74) is 0.0952. The lowest BCUT2D eigenvalue weighted by Crippen LogP contribution is -1.85. The molecule has 0 fully saturated rings. The molecular weight excluding hydrogens is 422 g/mol. The standard InChI is InChI=1S/C6H4Br2O.C6H5NO2S.C2H6/c7-4-2-1-3-5(8)6(4)9;8-7(9)5-1-3-6(10)4-2-5;1-2/h1-3,9H;1-4,10H;1-2H3. The van der Waals surface area contributed by atoms with E-state index in [2.05, 4.69) is 44.5 Å². The van der Waals surface area contributed by atoms with Crippen molar-refractivity contribution in [2.75, 3.05) is 0 Å². The van der Waals surface area contributed by atoms with Crippen LogP contribution in [0.1, 0.15) is 13.8 Å². The fourth-order valence-corrected chi connectivity index (χ4v) is 2.21. The topological polar surface area (TPSA) is 63.4 Å². The van der Waals surface area contributed by atoms with E-state index < -0.39 is 4.92 Å². The van der Waals surface area contributed by atoms with Gasteiger partial charge in [-0.1, -0.05) is 19.9 Å². The molecule has 0 unspecified atom stereocenters. The van der Waals surface area contributed by atoms with Crippen molar-refractivity contribution in [3.8, 4) is 5.75 Å². The van der Waals surface area contributed by atoms with Gasteiger partial charge < -0.3 is 5.11 Å². The summed E-state index contributed by atoms with van der Waals surface area (Å²) in [6, 6.07) is 11.4. The van der Waals surface area contributed by atoms with Crippen molar-refractivity contribution in [3.05, 3.63) is 61.5 Å². The molecule has 7 heteroatoms. The average Bonchev–Trinajstić information content (AvgIpc) is 2.48. The molecular formula is C14H15Br2NO3S. The van der Waals surface area contributed by atoms with Crippen molar-refractivity contribution in [2.45, 2.75) is 18.7 Å². The minimum absolute atomic E-state index is 0.0952. The predicted octanol–water partition coefficient (Wildman–Crippen LogP) is 5.83. The number of thiol groups is 1. The zero-order valence-corrected chi connectivity index (χ0v) is 15.5. The van der Waals surface area contributed by atoms with Gasteiger partial charge in [0.25, 0.3) is 5.69 Å². The van der Waals surface area contributed by atoms with Gasteiger partial charge in [-0.15, -0.1) is 12.6 Å². The van der Waals surface area contributed by atoms with Crippen molar-refractivity contribution < 1.29 is 10.0 Å². The largest absolute Gasteiger partial charge is 0.506 e. The first-order valence-corrected chi connectivity index (χ1v) is 8.01. The van der Waals surface area contributed by atoms with E-state index in [-0.39, 0.29) is 11.4 Å². The highest BCUT2D eigenvalue weighted by atomic mass is 79.9.